The summed E-state index contributed by atoms with van der Waals surface area (Å²) in [5.74, 6) is -1.94. The van der Waals surface area contributed by atoms with Crippen LogP contribution in [0.25, 0.3) is 0 Å². The first-order valence-electron chi connectivity index (χ1n) is 9.08. The molecule has 0 spiro atoms. The van der Waals surface area contributed by atoms with Crippen LogP contribution >= 0.6 is 11.6 Å². The molecule has 1 aromatic carbocycles. The second-order valence-corrected chi connectivity index (χ2v) is 7.05. The maximum Gasteiger partial charge on any atom is 0.416 e. The molecule has 0 saturated heterocycles. The van der Waals surface area contributed by atoms with Gasteiger partial charge >= 0.3 is 6.18 Å². The first-order chi connectivity index (χ1) is 15.0. The lowest BCUT2D eigenvalue weighted by Crippen LogP contribution is -2.24. The lowest BCUT2D eigenvalue weighted by atomic mass is 10.0. The largest absolute Gasteiger partial charge is 0.416 e. The van der Waals surface area contributed by atoms with Crippen LogP contribution in [0, 0.1) is 5.95 Å². The molecule has 0 saturated carbocycles. The predicted molar refractivity (Wildman–Crippen MR) is 110 cm³/mol. The maximum absolute atomic E-state index is 13.5. The van der Waals surface area contributed by atoms with E-state index in [0.717, 1.165) is 23.1 Å². The first kappa shape index (κ1) is 23.1. The van der Waals surface area contributed by atoms with Gasteiger partial charge in [0.2, 0.25) is 17.8 Å². The summed E-state index contributed by atoms with van der Waals surface area (Å²) in [5, 5.41) is 2.38. The number of hydrogen-bond acceptors (Lipinski definition) is 4. The number of nitrogens with one attached hydrogen (secondary N) is 1. The molecule has 2 amide bonds. The van der Waals surface area contributed by atoms with Gasteiger partial charge in [-0.05, 0) is 29.8 Å². The van der Waals surface area contributed by atoms with Crippen LogP contribution < -0.4 is 10.2 Å². The molecule has 0 bridgehead atoms. The van der Waals surface area contributed by atoms with E-state index in [-0.39, 0.29) is 27.8 Å². The predicted octanol–water partition coefficient (Wildman–Crippen LogP) is 5.15. The highest BCUT2D eigenvalue weighted by molar-refractivity contribution is 6.30. The van der Waals surface area contributed by atoms with Crippen molar-refractivity contribution in [3.05, 3.63) is 77.0 Å². The van der Waals surface area contributed by atoms with Gasteiger partial charge in [-0.2, -0.15) is 17.6 Å². The van der Waals surface area contributed by atoms with E-state index >= 15 is 0 Å². The number of pyridine rings is 2. The molecule has 32 heavy (non-hydrogen) atoms. The Kier molecular flexibility index (Phi) is 6.73. The van der Waals surface area contributed by atoms with Crippen molar-refractivity contribution in [2.45, 2.75) is 19.5 Å². The third kappa shape index (κ3) is 5.58. The molecule has 0 aliphatic heterocycles. The highest BCUT2D eigenvalue weighted by Crippen LogP contribution is 2.34. The number of hydrogen-bond donors (Lipinski definition) is 1. The third-order valence-electron chi connectivity index (χ3n) is 4.27. The fraction of sp³-hybridized carbons (Fsp3) is 0.143. The van der Waals surface area contributed by atoms with Gasteiger partial charge < -0.3 is 5.32 Å². The molecule has 1 N–H and O–H groups in total. The molecule has 0 radical (unpaired) electrons. The minimum Gasteiger partial charge on any atom is -0.326 e. The molecule has 2 heterocycles. The topological polar surface area (TPSA) is 75.2 Å². The van der Waals surface area contributed by atoms with Gasteiger partial charge in [0, 0.05) is 42.2 Å². The van der Waals surface area contributed by atoms with Crippen LogP contribution in [0.5, 0.6) is 0 Å². The number of halogens is 5. The van der Waals surface area contributed by atoms with Crippen molar-refractivity contribution in [3.8, 4) is 0 Å². The first-order valence-corrected chi connectivity index (χ1v) is 9.46. The molecule has 0 aliphatic carbocycles. The van der Waals surface area contributed by atoms with Gasteiger partial charge in [-0.25, -0.2) is 9.97 Å². The van der Waals surface area contributed by atoms with E-state index in [1.54, 1.807) is 0 Å². The fourth-order valence-corrected chi connectivity index (χ4v) is 3.14. The van der Waals surface area contributed by atoms with E-state index in [1.807, 2.05) is 0 Å². The van der Waals surface area contributed by atoms with Gasteiger partial charge in [-0.1, -0.05) is 17.7 Å². The van der Waals surface area contributed by atoms with Crippen LogP contribution in [0.2, 0.25) is 5.02 Å². The SMILES string of the molecule is CC(=O)N(c1ccnc(F)c1)c1cc(NC(=O)Cc2ccc(Cl)cc2C(F)(F)F)ccn1. The Labute approximate surface area is 184 Å². The Bertz CT molecular complexity index is 1170. The summed E-state index contributed by atoms with van der Waals surface area (Å²) in [4.78, 5) is 33.1. The van der Waals surface area contributed by atoms with Crippen LogP contribution in [0.15, 0.2) is 54.9 Å². The Balaban J connectivity index is 1.83. The van der Waals surface area contributed by atoms with Crippen LogP contribution in [-0.4, -0.2) is 21.8 Å². The molecule has 3 aromatic rings. The molecule has 0 aliphatic rings. The molecule has 11 heteroatoms. The van der Waals surface area contributed by atoms with E-state index in [0.29, 0.717) is 0 Å². The number of anilines is 3. The van der Waals surface area contributed by atoms with Crippen LogP contribution in [0.4, 0.5) is 34.8 Å². The number of amides is 2. The van der Waals surface area contributed by atoms with Crippen molar-refractivity contribution < 1.29 is 27.2 Å². The Hall–Kier alpha value is -3.53. The van der Waals surface area contributed by atoms with Gasteiger partial charge in [0.05, 0.1) is 17.7 Å². The molecular weight excluding hydrogens is 452 g/mol. The molecule has 0 fully saturated rings. The lowest BCUT2D eigenvalue weighted by molar-refractivity contribution is -0.138. The van der Waals surface area contributed by atoms with Gasteiger partial charge in [-0.3, -0.25) is 14.5 Å². The maximum atomic E-state index is 13.5. The van der Waals surface area contributed by atoms with Crippen LogP contribution in [0.3, 0.4) is 0 Å². The summed E-state index contributed by atoms with van der Waals surface area (Å²) >= 11 is 5.66. The Morgan fingerprint density at radius 3 is 2.44 bits per heavy atom. The number of benzene rings is 1. The smallest absolute Gasteiger partial charge is 0.326 e. The van der Waals surface area contributed by atoms with Gasteiger partial charge in [-0.15, -0.1) is 0 Å². The summed E-state index contributed by atoms with van der Waals surface area (Å²) in [6.45, 7) is 1.24. The summed E-state index contributed by atoms with van der Waals surface area (Å²) < 4.78 is 53.2. The van der Waals surface area contributed by atoms with Crippen molar-refractivity contribution in [1.29, 1.82) is 0 Å². The van der Waals surface area contributed by atoms with Crippen molar-refractivity contribution >= 4 is 40.6 Å². The van der Waals surface area contributed by atoms with Gasteiger partial charge in [0.15, 0.2) is 0 Å². The summed E-state index contributed by atoms with van der Waals surface area (Å²) in [7, 11) is 0. The molecule has 0 unspecified atom stereocenters. The summed E-state index contributed by atoms with van der Waals surface area (Å²) in [5.41, 5.74) is -0.899. The minimum atomic E-state index is -4.67. The average molecular weight is 467 g/mol. The number of aromatic nitrogens is 2. The second-order valence-electron chi connectivity index (χ2n) is 6.62. The van der Waals surface area contributed by atoms with E-state index in [4.69, 9.17) is 11.6 Å². The van der Waals surface area contributed by atoms with Crippen LogP contribution in [-0.2, 0) is 22.2 Å². The molecule has 2 aromatic heterocycles. The van der Waals surface area contributed by atoms with Crippen molar-refractivity contribution in [3.63, 3.8) is 0 Å². The zero-order valence-electron chi connectivity index (χ0n) is 16.5. The minimum absolute atomic E-state index is 0.0726. The molecule has 6 nitrogen and oxygen atoms in total. The number of carbonyl (C=O) groups is 2. The molecule has 3 rings (SSSR count). The van der Waals surface area contributed by atoms with Crippen LogP contribution in [0.1, 0.15) is 18.1 Å². The molecular formula is C21H15ClF4N4O2. The highest BCUT2D eigenvalue weighted by Gasteiger charge is 2.34. The molecule has 166 valence electrons. The van der Waals surface area contributed by atoms with Crippen molar-refractivity contribution in [2.75, 3.05) is 10.2 Å². The lowest BCUT2D eigenvalue weighted by Gasteiger charge is -2.20. The number of carbonyl (C=O) groups excluding carboxylic acids is 2. The standard InChI is InChI=1S/C21H15ClF4N4O2/c1-12(31)30(16-5-7-27-18(23)11-16)19-10-15(4-6-28-19)29-20(32)8-13-2-3-14(22)9-17(13)21(24,25)26/h2-7,9-11H,8H2,1H3,(H,28,29,32). The zero-order chi connectivity index (χ0) is 23.5. The monoisotopic (exact) mass is 466 g/mol. The number of nitrogens with zero attached hydrogens (tertiary/aromatic N) is 3. The second kappa shape index (κ2) is 9.31. The summed E-state index contributed by atoms with van der Waals surface area (Å²) in [6, 6.07) is 8.34. The van der Waals surface area contributed by atoms with E-state index in [9.17, 15) is 27.2 Å². The van der Waals surface area contributed by atoms with E-state index in [2.05, 4.69) is 15.3 Å². The third-order valence-corrected chi connectivity index (χ3v) is 4.51. The van der Waals surface area contributed by atoms with Gasteiger partial charge in [0.25, 0.3) is 0 Å². The quantitative estimate of drug-likeness (QED) is 0.416. The molecule has 0 atom stereocenters. The number of rotatable bonds is 5. The highest BCUT2D eigenvalue weighted by atomic mass is 35.5. The average Bonchev–Trinajstić information content (AvgIpc) is 2.69. The fourth-order valence-electron chi connectivity index (χ4n) is 2.97. The van der Waals surface area contributed by atoms with Crippen molar-refractivity contribution in [1.82, 2.24) is 9.97 Å². The summed E-state index contributed by atoms with van der Waals surface area (Å²) in [6.07, 6.45) is -2.76. The zero-order valence-corrected chi connectivity index (χ0v) is 17.2. The van der Waals surface area contributed by atoms with Gasteiger partial charge in [0.1, 0.15) is 5.82 Å². The normalized spacial score (nSPS) is 11.2. The Morgan fingerprint density at radius 1 is 1.06 bits per heavy atom. The van der Waals surface area contributed by atoms with E-state index in [1.165, 1.54) is 43.6 Å². The number of alkyl halides is 3. The Morgan fingerprint density at radius 2 is 1.78 bits per heavy atom. The van der Waals surface area contributed by atoms with E-state index < -0.39 is 35.9 Å². The van der Waals surface area contributed by atoms with Crippen molar-refractivity contribution in [2.24, 2.45) is 0 Å².